The average molecular weight is 1160 g/mol. The maximum Gasteiger partial charge on any atom is 0.327 e. The lowest BCUT2D eigenvalue weighted by atomic mass is 10.1. The Bertz CT molecular complexity index is 3760. The highest BCUT2D eigenvalue weighted by Gasteiger charge is 2.22. The van der Waals surface area contributed by atoms with Gasteiger partial charge >= 0.3 is 5.69 Å². The van der Waals surface area contributed by atoms with Crippen LogP contribution in [0.3, 0.4) is 0 Å². The second-order valence-corrected chi connectivity index (χ2v) is 21.7. The SMILES string of the molecule is CC.CC.CC.CC.CC.CC(C)(C)n1cnc2[nH]c(=O)[nH]c(=O)c21.CC(C)(C)n1cnc2[nH]ncc2c1=O.CC(C)(C)n1cnc2c(c1=O)=NC(=O)CC=2.CC(C)(C)n1cnc2cn[nH]c2c1=O.CC(C)(C)n1nnc2nc[nH]c2c1=O. The van der Waals surface area contributed by atoms with Gasteiger partial charge in [0.15, 0.2) is 27.7 Å². The molecule has 0 aliphatic carbocycles. The van der Waals surface area contributed by atoms with Crippen LogP contribution in [-0.4, -0.2) is 99.4 Å². The molecule has 9 aromatic heterocycles. The normalized spacial score (nSPS) is 11.7. The predicted molar refractivity (Wildman–Crippen MR) is 328 cm³/mol. The van der Waals surface area contributed by atoms with Crippen molar-refractivity contribution in [3.05, 3.63) is 117 Å². The van der Waals surface area contributed by atoms with Gasteiger partial charge in [0, 0.05) is 28.6 Å². The molecule has 83 heavy (non-hydrogen) atoms. The van der Waals surface area contributed by atoms with Crippen LogP contribution in [0.5, 0.6) is 0 Å². The number of H-pyrrole nitrogens is 5. The molecule has 27 nitrogen and oxygen atoms in total. The molecule has 456 valence electrons. The fraction of sp³-hybridized carbons (Fsp3) is 0.554. The molecular weight excluding hydrogens is 1060 g/mol. The molecule has 0 radical (unpaired) electrons. The van der Waals surface area contributed by atoms with E-state index in [1.807, 2.05) is 173 Å². The van der Waals surface area contributed by atoms with Crippen molar-refractivity contribution in [2.75, 3.05) is 0 Å². The number of fused-ring (bicyclic) bond motifs is 5. The van der Waals surface area contributed by atoms with Gasteiger partial charge in [0.2, 0.25) is 11.6 Å². The summed E-state index contributed by atoms with van der Waals surface area (Å²) < 4.78 is 7.75. The molecule has 0 atom stereocenters. The number of nitrogens with one attached hydrogen (secondary N) is 5. The lowest BCUT2D eigenvalue weighted by molar-refractivity contribution is -0.117. The third-order valence-corrected chi connectivity index (χ3v) is 10.6. The molecule has 10 heterocycles. The molecule has 1 aliphatic rings. The molecule has 0 aromatic carbocycles. The molecule has 0 saturated heterocycles. The summed E-state index contributed by atoms with van der Waals surface area (Å²) in [6.45, 7) is 49.0. The van der Waals surface area contributed by atoms with Crippen LogP contribution in [0.15, 0.2) is 77.8 Å². The van der Waals surface area contributed by atoms with Gasteiger partial charge in [-0.05, 0) is 110 Å². The minimum Gasteiger partial charge on any atom is -0.339 e. The number of hydrogen-bond acceptors (Lipinski definition) is 16. The standard InChI is InChI=1S/C11H13N3O2.C9H12N4O2.2C9H12N4O.C8H11N5O.5C2H6/c1-11(2,3)14-6-12-7-4-5-8(15)13-9(7)10(14)16;1-9(2,3)13-4-10-6-5(13)7(14)12-8(15)11-6;1-9(2,3)13-5-10-6-4-11-12-7(6)8(13)14;1-9(2,3)13-5-10-7-6(8(13)14)4-11-12-7;1-8(2,3)13-7(14)5-6(11-12-13)10-4-9-5;5*1-2/h4,6H,5H2,1-3H3;4H,1-3H3,(H2,11,12,14,15);2*4-5H,1-3H3,(H,11,12);4H,1-3H3,(H,9,10);5*1-2H3. The first-order valence-corrected chi connectivity index (χ1v) is 27.8. The molecule has 0 bridgehead atoms. The van der Waals surface area contributed by atoms with Crippen molar-refractivity contribution < 1.29 is 4.79 Å². The summed E-state index contributed by atoms with van der Waals surface area (Å²) in [5.74, 6) is -0.293. The van der Waals surface area contributed by atoms with E-state index in [2.05, 4.69) is 75.6 Å². The van der Waals surface area contributed by atoms with Crippen molar-refractivity contribution in [2.45, 2.75) is 207 Å². The number of carbonyl (C=O) groups excluding carboxylic acids is 1. The van der Waals surface area contributed by atoms with Crippen LogP contribution in [0.4, 0.5) is 0 Å². The molecular formula is C56H90N20O7. The number of rotatable bonds is 0. The number of imidazole rings is 2. The first-order chi connectivity index (χ1) is 38.8. The van der Waals surface area contributed by atoms with Crippen LogP contribution in [0.25, 0.3) is 50.5 Å². The van der Waals surface area contributed by atoms with Crippen LogP contribution in [0, 0.1) is 0 Å². The fourth-order valence-corrected chi connectivity index (χ4v) is 6.82. The van der Waals surface area contributed by atoms with Gasteiger partial charge in [0.05, 0.1) is 48.6 Å². The Morgan fingerprint density at radius 1 is 0.482 bits per heavy atom. The molecule has 9 aromatic rings. The highest BCUT2D eigenvalue weighted by Crippen LogP contribution is 2.18. The number of aromatic amines is 5. The van der Waals surface area contributed by atoms with E-state index >= 15 is 0 Å². The predicted octanol–water partition coefficient (Wildman–Crippen LogP) is 6.65. The minimum absolute atomic E-state index is 0.0590. The lowest BCUT2D eigenvalue weighted by Gasteiger charge is -2.21. The summed E-state index contributed by atoms with van der Waals surface area (Å²) >= 11 is 0. The van der Waals surface area contributed by atoms with Gasteiger partial charge in [-0.1, -0.05) is 74.5 Å². The molecule has 5 N–H and O–H groups in total. The fourth-order valence-electron chi connectivity index (χ4n) is 6.82. The Balaban J connectivity index is 0.000000499. The molecule has 27 heteroatoms. The van der Waals surface area contributed by atoms with Crippen molar-refractivity contribution in [1.82, 2.24) is 93.5 Å². The van der Waals surface area contributed by atoms with E-state index < -0.39 is 11.2 Å². The first-order valence-electron chi connectivity index (χ1n) is 27.8. The highest BCUT2D eigenvalue weighted by molar-refractivity contribution is 5.82. The van der Waals surface area contributed by atoms with Gasteiger partial charge in [-0.15, -0.1) is 5.10 Å². The number of aromatic nitrogens is 19. The third kappa shape index (κ3) is 18.7. The van der Waals surface area contributed by atoms with Gasteiger partial charge in [0.1, 0.15) is 22.7 Å². The van der Waals surface area contributed by atoms with Crippen LogP contribution in [0.1, 0.15) is 180 Å². The van der Waals surface area contributed by atoms with E-state index in [0.717, 1.165) is 0 Å². The summed E-state index contributed by atoms with van der Waals surface area (Å²) in [6.07, 6.45) is 12.5. The van der Waals surface area contributed by atoms with Crippen molar-refractivity contribution >= 4 is 56.4 Å². The largest absolute Gasteiger partial charge is 0.339 e. The zero-order chi connectivity index (χ0) is 64.2. The number of nitrogens with zero attached hydrogens (tertiary/aromatic N) is 15. The van der Waals surface area contributed by atoms with Crippen LogP contribution < -0.4 is 44.2 Å². The van der Waals surface area contributed by atoms with Crippen LogP contribution >= 0.6 is 0 Å². The first kappa shape index (κ1) is 72.4. The zero-order valence-corrected chi connectivity index (χ0v) is 53.4. The molecule has 0 fully saturated rings. The molecule has 0 saturated carbocycles. The van der Waals surface area contributed by atoms with Crippen molar-refractivity contribution in [3.8, 4) is 0 Å². The van der Waals surface area contributed by atoms with E-state index in [0.29, 0.717) is 49.7 Å². The van der Waals surface area contributed by atoms with Gasteiger partial charge in [0.25, 0.3) is 27.8 Å². The summed E-state index contributed by atoms with van der Waals surface area (Å²) in [7, 11) is 0. The molecule has 0 spiro atoms. The number of hydrogen-bond donors (Lipinski definition) is 5. The Morgan fingerprint density at radius 2 is 0.976 bits per heavy atom. The van der Waals surface area contributed by atoms with Crippen molar-refractivity contribution in [2.24, 2.45) is 4.99 Å². The molecule has 1 amide bonds. The van der Waals surface area contributed by atoms with Gasteiger partial charge < -0.3 is 9.55 Å². The quantitative estimate of drug-likeness (QED) is 0.106. The molecule has 0 unspecified atom stereocenters. The van der Waals surface area contributed by atoms with Crippen molar-refractivity contribution in [1.29, 1.82) is 0 Å². The van der Waals surface area contributed by atoms with E-state index in [1.165, 1.54) is 28.1 Å². The van der Waals surface area contributed by atoms with E-state index in [4.69, 9.17) is 0 Å². The Morgan fingerprint density at radius 3 is 1.53 bits per heavy atom. The minimum atomic E-state index is -0.536. The van der Waals surface area contributed by atoms with E-state index in [1.54, 1.807) is 45.0 Å². The third-order valence-electron chi connectivity index (χ3n) is 10.6. The Labute approximate surface area is 482 Å². The Kier molecular flexibility index (Phi) is 27.0. The van der Waals surface area contributed by atoms with Gasteiger partial charge in [-0.2, -0.15) is 10.2 Å². The second kappa shape index (κ2) is 31.0. The highest BCUT2D eigenvalue weighted by atomic mass is 16.2. The van der Waals surface area contributed by atoms with Gasteiger partial charge in [-0.25, -0.2) is 39.4 Å². The monoisotopic (exact) mass is 1150 g/mol. The second-order valence-electron chi connectivity index (χ2n) is 21.7. The average Bonchev–Trinajstić information content (AvgIpc) is 4.14. The van der Waals surface area contributed by atoms with Crippen molar-refractivity contribution in [3.63, 3.8) is 0 Å². The van der Waals surface area contributed by atoms with Crippen LogP contribution in [0.2, 0.25) is 0 Å². The maximum absolute atomic E-state index is 12.1. The summed E-state index contributed by atoms with van der Waals surface area (Å²) in [5, 5.41) is 21.7. The summed E-state index contributed by atoms with van der Waals surface area (Å²) in [5.41, 5.74) is 0.0164. The summed E-state index contributed by atoms with van der Waals surface area (Å²) in [4.78, 5) is 113. The maximum atomic E-state index is 12.1. The number of amides is 1. The number of carbonyl (C=O) groups is 1. The topological polar surface area (TPSA) is 351 Å². The molecule has 10 rings (SSSR count). The zero-order valence-electron chi connectivity index (χ0n) is 53.4. The van der Waals surface area contributed by atoms with E-state index in [9.17, 15) is 33.6 Å². The smallest absolute Gasteiger partial charge is 0.327 e. The van der Waals surface area contributed by atoms with E-state index in [-0.39, 0.29) is 67.6 Å². The lowest BCUT2D eigenvalue weighted by Crippen LogP contribution is -2.51. The van der Waals surface area contributed by atoms with Crippen LogP contribution in [-0.2, 0) is 32.5 Å². The van der Waals surface area contributed by atoms with Gasteiger partial charge in [-0.3, -0.25) is 62.6 Å². The summed E-state index contributed by atoms with van der Waals surface area (Å²) in [6, 6.07) is 0. The molecule has 1 aliphatic heterocycles. The Hall–Kier alpha value is -8.65.